The Hall–Kier alpha value is -4.56. The number of benzene rings is 4. The maximum atomic E-state index is 11.2. The quantitative estimate of drug-likeness (QED) is 0.241. The van der Waals surface area contributed by atoms with E-state index in [-0.39, 0.29) is 35.2 Å². The summed E-state index contributed by atoms with van der Waals surface area (Å²) in [6.07, 6.45) is -2.12. The first-order valence-corrected chi connectivity index (χ1v) is 11.8. The van der Waals surface area contributed by atoms with Crippen LogP contribution in [-0.2, 0) is 6.42 Å². The van der Waals surface area contributed by atoms with Gasteiger partial charge in [0.25, 0.3) is 0 Å². The van der Waals surface area contributed by atoms with Gasteiger partial charge >= 0.3 is 0 Å². The summed E-state index contributed by atoms with van der Waals surface area (Å²) >= 11 is 0. The van der Waals surface area contributed by atoms with Gasteiger partial charge in [-0.05, 0) is 53.1 Å². The highest BCUT2D eigenvalue weighted by Crippen LogP contribution is 2.58. The number of hydrogen-bond donors (Lipinski definition) is 6. The van der Waals surface area contributed by atoms with Crippen molar-refractivity contribution in [1.82, 2.24) is 0 Å². The largest absolute Gasteiger partial charge is 0.508 e. The van der Waals surface area contributed by atoms with Crippen LogP contribution in [0, 0.1) is 0 Å². The lowest BCUT2D eigenvalue weighted by Gasteiger charge is -2.32. The lowest BCUT2D eigenvalue weighted by Crippen LogP contribution is -2.30. The van der Waals surface area contributed by atoms with Crippen molar-refractivity contribution < 1.29 is 40.1 Å². The van der Waals surface area contributed by atoms with Crippen molar-refractivity contribution in [3.05, 3.63) is 101 Å². The summed E-state index contributed by atoms with van der Waals surface area (Å²) in [5.41, 5.74) is 2.93. The Kier molecular flexibility index (Phi) is 5.27. The van der Waals surface area contributed by atoms with Crippen LogP contribution in [0.25, 0.3) is 0 Å². The Morgan fingerprint density at radius 3 is 1.76 bits per heavy atom. The van der Waals surface area contributed by atoms with Gasteiger partial charge in [-0.1, -0.05) is 24.3 Å². The molecule has 6 rings (SSSR count). The fourth-order valence-electron chi connectivity index (χ4n) is 5.31. The summed E-state index contributed by atoms with van der Waals surface area (Å²) in [6, 6.07) is 18.6. The average molecular weight is 501 g/mol. The molecule has 8 heteroatoms. The van der Waals surface area contributed by atoms with Crippen molar-refractivity contribution in [1.29, 1.82) is 0 Å². The van der Waals surface area contributed by atoms with E-state index >= 15 is 0 Å². The zero-order chi connectivity index (χ0) is 25.8. The molecule has 4 atom stereocenters. The van der Waals surface area contributed by atoms with Gasteiger partial charge in [0.05, 0.1) is 12.0 Å². The highest BCUT2D eigenvalue weighted by Gasteiger charge is 2.44. The molecule has 0 radical (unpaired) electrons. The molecule has 2 aliphatic rings. The molecule has 2 unspecified atom stereocenters. The van der Waals surface area contributed by atoms with Gasteiger partial charge in [-0.25, -0.2) is 0 Å². The van der Waals surface area contributed by atoms with Gasteiger partial charge < -0.3 is 40.1 Å². The molecule has 0 saturated carbocycles. The maximum absolute atomic E-state index is 11.2. The Morgan fingerprint density at radius 1 is 0.595 bits per heavy atom. The van der Waals surface area contributed by atoms with Gasteiger partial charge in [-0.2, -0.15) is 0 Å². The molecule has 2 heterocycles. The summed E-state index contributed by atoms with van der Waals surface area (Å²) in [7, 11) is 0. The first-order valence-electron chi connectivity index (χ1n) is 11.8. The minimum atomic E-state index is -0.926. The average Bonchev–Trinajstić information content (AvgIpc) is 3.26. The summed E-state index contributed by atoms with van der Waals surface area (Å²) in [5.74, 6) is -0.0711. The Morgan fingerprint density at radius 2 is 1.16 bits per heavy atom. The van der Waals surface area contributed by atoms with Crippen molar-refractivity contribution in [2.75, 3.05) is 0 Å². The monoisotopic (exact) mass is 500 g/mol. The van der Waals surface area contributed by atoms with Crippen LogP contribution < -0.4 is 9.47 Å². The minimum absolute atomic E-state index is 0.0860. The van der Waals surface area contributed by atoms with E-state index in [9.17, 15) is 30.6 Å². The standard InChI is InChI=1S/C29H24O8/c30-17-5-1-14(2-6-17)27-23(35)12-21-24(36-27)13-22(34)26-25(16-9-19(32)11-20(33)10-16)28(37-29(21)26)15-3-7-18(31)8-4-15/h1-11,13,23,25,27-28,30-35H,12H2/t23-,25?,27+,28?/m0/s1. The van der Waals surface area contributed by atoms with Crippen molar-refractivity contribution >= 4 is 0 Å². The predicted octanol–water partition coefficient (Wildman–Crippen LogP) is 4.52. The highest BCUT2D eigenvalue weighted by molar-refractivity contribution is 5.65. The van der Waals surface area contributed by atoms with Gasteiger partial charge in [0.2, 0.25) is 0 Å². The van der Waals surface area contributed by atoms with Crippen molar-refractivity contribution in [3.63, 3.8) is 0 Å². The van der Waals surface area contributed by atoms with Crippen molar-refractivity contribution in [2.45, 2.75) is 30.7 Å². The van der Waals surface area contributed by atoms with E-state index in [2.05, 4.69) is 0 Å². The molecule has 4 aromatic rings. The van der Waals surface area contributed by atoms with E-state index in [1.807, 2.05) is 0 Å². The molecule has 37 heavy (non-hydrogen) atoms. The van der Waals surface area contributed by atoms with Gasteiger partial charge in [0.1, 0.15) is 52.5 Å². The summed E-state index contributed by atoms with van der Waals surface area (Å²) in [5, 5.41) is 62.0. The summed E-state index contributed by atoms with van der Waals surface area (Å²) in [4.78, 5) is 0. The summed E-state index contributed by atoms with van der Waals surface area (Å²) < 4.78 is 12.6. The van der Waals surface area contributed by atoms with Crippen LogP contribution in [0.3, 0.4) is 0 Å². The highest BCUT2D eigenvalue weighted by atomic mass is 16.5. The number of ether oxygens (including phenoxy) is 2. The Balaban J connectivity index is 1.48. The van der Waals surface area contributed by atoms with Crippen LogP contribution in [0.4, 0.5) is 0 Å². The van der Waals surface area contributed by atoms with E-state index in [1.165, 1.54) is 48.5 Å². The number of aromatic hydroxyl groups is 5. The first kappa shape index (κ1) is 22.9. The maximum Gasteiger partial charge on any atom is 0.150 e. The van der Waals surface area contributed by atoms with Gasteiger partial charge in [0, 0.05) is 29.7 Å². The molecule has 2 aliphatic heterocycles. The number of rotatable bonds is 3. The van der Waals surface area contributed by atoms with E-state index in [0.717, 1.165) is 0 Å². The van der Waals surface area contributed by atoms with Crippen LogP contribution in [0.1, 0.15) is 45.9 Å². The third kappa shape index (κ3) is 3.91. The van der Waals surface area contributed by atoms with Gasteiger partial charge in [-0.15, -0.1) is 0 Å². The molecule has 0 spiro atoms. The minimum Gasteiger partial charge on any atom is -0.508 e. The topological polar surface area (TPSA) is 140 Å². The van der Waals surface area contributed by atoms with E-state index in [1.54, 1.807) is 24.3 Å². The molecule has 0 bridgehead atoms. The number of aliphatic hydroxyl groups excluding tert-OH is 1. The number of phenolic OH excluding ortho intramolecular Hbond substituents is 5. The van der Waals surface area contributed by atoms with Crippen LogP contribution >= 0.6 is 0 Å². The molecule has 0 fully saturated rings. The Bertz CT molecular complexity index is 1460. The molecule has 8 nitrogen and oxygen atoms in total. The lowest BCUT2D eigenvalue weighted by atomic mass is 9.83. The second-order valence-corrected chi connectivity index (χ2v) is 9.41. The third-order valence-electron chi connectivity index (χ3n) is 6.96. The molecule has 0 saturated heterocycles. The number of fused-ring (bicyclic) bond motifs is 3. The van der Waals surface area contributed by atoms with Crippen molar-refractivity contribution in [2.24, 2.45) is 0 Å². The predicted molar refractivity (Wildman–Crippen MR) is 132 cm³/mol. The third-order valence-corrected chi connectivity index (χ3v) is 6.96. The molecule has 0 amide bonds. The van der Waals surface area contributed by atoms with E-state index in [4.69, 9.17) is 9.47 Å². The van der Waals surface area contributed by atoms with Crippen LogP contribution in [0.15, 0.2) is 72.8 Å². The first-order chi connectivity index (χ1) is 17.8. The van der Waals surface area contributed by atoms with Crippen LogP contribution in [0.5, 0.6) is 40.2 Å². The molecule has 188 valence electrons. The molecular formula is C29H24O8. The zero-order valence-electron chi connectivity index (χ0n) is 19.4. The fraction of sp³-hybridized carbons (Fsp3) is 0.172. The van der Waals surface area contributed by atoms with Crippen molar-refractivity contribution in [3.8, 4) is 40.2 Å². The summed E-state index contributed by atoms with van der Waals surface area (Å²) in [6.45, 7) is 0. The number of hydrogen-bond acceptors (Lipinski definition) is 8. The van der Waals surface area contributed by atoms with Gasteiger partial charge in [-0.3, -0.25) is 0 Å². The molecule has 4 aromatic carbocycles. The fourth-order valence-corrected chi connectivity index (χ4v) is 5.31. The molecule has 0 aliphatic carbocycles. The smallest absolute Gasteiger partial charge is 0.150 e. The second kappa shape index (κ2) is 8.53. The van der Waals surface area contributed by atoms with E-state index < -0.39 is 24.2 Å². The molecule has 6 N–H and O–H groups in total. The van der Waals surface area contributed by atoms with Gasteiger partial charge in [0.15, 0.2) is 0 Å². The van der Waals surface area contributed by atoms with Crippen LogP contribution in [0.2, 0.25) is 0 Å². The normalized spacial score (nSPS) is 22.0. The lowest BCUT2D eigenvalue weighted by molar-refractivity contribution is 0.0194. The Labute approximate surface area is 211 Å². The number of phenols is 5. The second-order valence-electron chi connectivity index (χ2n) is 9.41. The number of aliphatic hydroxyl groups is 1. The molecule has 0 aromatic heterocycles. The van der Waals surface area contributed by atoms with E-state index in [0.29, 0.717) is 39.3 Å². The molecular weight excluding hydrogens is 476 g/mol. The zero-order valence-corrected chi connectivity index (χ0v) is 19.4. The van der Waals surface area contributed by atoms with Crippen LogP contribution in [-0.4, -0.2) is 36.7 Å². The SMILES string of the molecule is Oc1ccc(C2Oc3c4c(cc(O)c3C2c2cc(O)cc(O)c2)O[C@H](c2ccc(O)cc2)[C@@H](O)C4)cc1.